The van der Waals surface area contributed by atoms with Crippen LogP contribution in [0.15, 0.2) is 24.3 Å². The van der Waals surface area contributed by atoms with Crippen molar-refractivity contribution in [1.29, 1.82) is 0 Å². The van der Waals surface area contributed by atoms with Gasteiger partial charge in [0.25, 0.3) is 0 Å². The van der Waals surface area contributed by atoms with Crippen LogP contribution in [-0.4, -0.2) is 47.4 Å². The van der Waals surface area contributed by atoms with E-state index < -0.39 is 5.97 Å². The number of hydrogen-bond donors (Lipinski definition) is 2. The van der Waals surface area contributed by atoms with Gasteiger partial charge in [-0.25, -0.2) is 4.79 Å². The first kappa shape index (κ1) is 20.9. The SMILES string of the molecule is CC(C)(C)CC(=O)NCC(=O)N1CCC(Cc2ccccc2C(=O)O)CC1. The Balaban J connectivity index is 1.79. The molecule has 27 heavy (non-hydrogen) atoms. The van der Waals surface area contributed by atoms with Crippen molar-refractivity contribution in [2.75, 3.05) is 19.6 Å². The maximum Gasteiger partial charge on any atom is 0.335 e. The highest BCUT2D eigenvalue weighted by molar-refractivity contribution is 5.89. The standard InChI is InChI=1S/C21H30N2O4/c1-21(2,3)13-18(24)22-14-19(25)23-10-8-15(9-11-23)12-16-6-4-5-7-17(16)20(26)27/h4-7,15H,8-14H2,1-3H3,(H,22,24)(H,26,27). The van der Waals surface area contributed by atoms with Crippen molar-refractivity contribution in [3.8, 4) is 0 Å². The molecule has 1 aromatic carbocycles. The van der Waals surface area contributed by atoms with Gasteiger partial charge in [-0.2, -0.15) is 0 Å². The van der Waals surface area contributed by atoms with E-state index in [-0.39, 0.29) is 23.8 Å². The number of piperidine rings is 1. The lowest BCUT2D eigenvalue weighted by molar-refractivity contribution is -0.134. The van der Waals surface area contributed by atoms with Crippen molar-refractivity contribution >= 4 is 17.8 Å². The monoisotopic (exact) mass is 374 g/mol. The zero-order valence-corrected chi connectivity index (χ0v) is 16.5. The van der Waals surface area contributed by atoms with E-state index in [9.17, 15) is 19.5 Å². The largest absolute Gasteiger partial charge is 0.478 e. The van der Waals surface area contributed by atoms with Crippen molar-refractivity contribution in [3.05, 3.63) is 35.4 Å². The van der Waals surface area contributed by atoms with Crippen LogP contribution in [0.5, 0.6) is 0 Å². The van der Waals surface area contributed by atoms with Crippen LogP contribution < -0.4 is 5.32 Å². The molecule has 1 heterocycles. The van der Waals surface area contributed by atoms with Gasteiger partial charge in [0.15, 0.2) is 0 Å². The predicted octanol–water partition coefficient (Wildman–Crippen LogP) is 2.72. The zero-order chi connectivity index (χ0) is 20.0. The number of carbonyl (C=O) groups excluding carboxylic acids is 2. The number of aromatic carboxylic acids is 1. The molecule has 0 saturated carbocycles. The smallest absolute Gasteiger partial charge is 0.335 e. The van der Waals surface area contributed by atoms with Crippen LogP contribution >= 0.6 is 0 Å². The summed E-state index contributed by atoms with van der Waals surface area (Å²) in [7, 11) is 0. The summed E-state index contributed by atoms with van der Waals surface area (Å²) in [6.45, 7) is 7.30. The van der Waals surface area contributed by atoms with Crippen molar-refractivity contribution < 1.29 is 19.5 Å². The second-order valence-corrected chi connectivity index (χ2v) is 8.50. The molecule has 0 aromatic heterocycles. The van der Waals surface area contributed by atoms with Gasteiger partial charge in [0.05, 0.1) is 12.1 Å². The number of amides is 2. The van der Waals surface area contributed by atoms with Crippen molar-refractivity contribution in [2.24, 2.45) is 11.3 Å². The molecule has 0 aliphatic carbocycles. The lowest BCUT2D eigenvalue weighted by Gasteiger charge is -2.32. The lowest BCUT2D eigenvalue weighted by atomic mass is 9.88. The first-order chi connectivity index (χ1) is 12.7. The number of nitrogens with zero attached hydrogens (tertiary/aromatic N) is 1. The number of likely N-dealkylation sites (tertiary alicyclic amines) is 1. The van der Waals surface area contributed by atoms with Gasteiger partial charge < -0.3 is 15.3 Å². The molecular weight excluding hydrogens is 344 g/mol. The first-order valence-electron chi connectivity index (χ1n) is 9.51. The number of nitrogens with one attached hydrogen (secondary N) is 1. The number of hydrogen-bond acceptors (Lipinski definition) is 3. The molecule has 0 bridgehead atoms. The number of benzene rings is 1. The normalized spacial score (nSPS) is 15.4. The van der Waals surface area contributed by atoms with Crippen LogP contribution in [0.1, 0.15) is 56.0 Å². The zero-order valence-electron chi connectivity index (χ0n) is 16.5. The summed E-state index contributed by atoms with van der Waals surface area (Å²) < 4.78 is 0. The Hall–Kier alpha value is -2.37. The summed E-state index contributed by atoms with van der Waals surface area (Å²) in [5, 5.41) is 12.0. The van der Waals surface area contributed by atoms with Gasteiger partial charge in [-0.05, 0) is 42.2 Å². The average molecular weight is 374 g/mol. The molecule has 1 aliphatic heterocycles. The van der Waals surface area contributed by atoms with E-state index in [2.05, 4.69) is 5.32 Å². The Bertz CT molecular complexity index is 686. The Kier molecular flexibility index (Phi) is 6.99. The van der Waals surface area contributed by atoms with Crippen LogP contribution in [-0.2, 0) is 16.0 Å². The molecule has 6 heteroatoms. The highest BCUT2D eigenvalue weighted by Gasteiger charge is 2.24. The highest BCUT2D eigenvalue weighted by atomic mass is 16.4. The van der Waals surface area contributed by atoms with Crippen LogP contribution in [0, 0.1) is 11.3 Å². The number of carboxylic acids is 1. The Morgan fingerprint density at radius 2 is 1.78 bits per heavy atom. The van der Waals surface area contributed by atoms with Crippen LogP contribution in [0.2, 0.25) is 0 Å². The topological polar surface area (TPSA) is 86.7 Å². The molecule has 1 saturated heterocycles. The summed E-state index contributed by atoms with van der Waals surface area (Å²) in [6.07, 6.45) is 2.80. The third kappa shape index (κ3) is 6.70. The summed E-state index contributed by atoms with van der Waals surface area (Å²) in [6, 6.07) is 7.10. The minimum Gasteiger partial charge on any atom is -0.478 e. The van der Waals surface area contributed by atoms with Gasteiger partial charge in [-0.15, -0.1) is 0 Å². The summed E-state index contributed by atoms with van der Waals surface area (Å²) in [5.41, 5.74) is 1.11. The van der Waals surface area contributed by atoms with E-state index in [1.807, 2.05) is 32.9 Å². The van der Waals surface area contributed by atoms with Crippen LogP contribution in [0.4, 0.5) is 0 Å². The predicted molar refractivity (Wildman–Crippen MR) is 103 cm³/mol. The molecule has 148 valence electrons. The van der Waals surface area contributed by atoms with Gasteiger partial charge in [-0.3, -0.25) is 9.59 Å². The van der Waals surface area contributed by atoms with E-state index in [0.717, 1.165) is 18.4 Å². The molecular formula is C21H30N2O4. The molecule has 1 fully saturated rings. The molecule has 2 N–H and O–H groups in total. The average Bonchev–Trinajstić information content (AvgIpc) is 2.59. The van der Waals surface area contributed by atoms with E-state index in [1.165, 1.54) is 0 Å². The fraction of sp³-hybridized carbons (Fsp3) is 0.571. The van der Waals surface area contributed by atoms with Gasteiger partial charge in [0, 0.05) is 19.5 Å². The van der Waals surface area contributed by atoms with E-state index >= 15 is 0 Å². The second kappa shape index (κ2) is 9.02. The lowest BCUT2D eigenvalue weighted by Crippen LogP contribution is -2.44. The fourth-order valence-corrected chi connectivity index (χ4v) is 3.43. The third-order valence-electron chi connectivity index (χ3n) is 4.85. The Morgan fingerprint density at radius 1 is 1.15 bits per heavy atom. The molecule has 0 radical (unpaired) electrons. The third-order valence-corrected chi connectivity index (χ3v) is 4.85. The van der Waals surface area contributed by atoms with Gasteiger partial charge in [0.1, 0.15) is 0 Å². The fourth-order valence-electron chi connectivity index (χ4n) is 3.43. The number of rotatable bonds is 6. The van der Waals surface area contributed by atoms with E-state index in [0.29, 0.717) is 37.4 Å². The molecule has 2 rings (SSSR count). The maximum atomic E-state index is 12.3. The Labute approximate surface area is 160 Å². The quantitative estimate of drug-likeness (QED) is 0.801. The van der Waals surface area contributed by atoms with Crippen molar-refractivity contribution in [3.63, 3.8) is 0 Å². The Morgan fingerprint density at radius 3 is 2.37 bits per heavy atom. The van der Waals surface area contributed by atoms with Gasteiger partial charge >= 0.3 is 5.97 Å². The first-order valence-corrected chi connectivity index (χ1v) is 9.51. The van der Waals surface area contributed by atoms with Gasteiger partial charge in [-0.1, -0.05) is 39.0 Å². The van der Waals surface area contributed by atoms with Crippen molar-refractivity contribution in [1.82, 2.24) is 10.2 Å². The highest BCUT2D eigenvalue weighted by Crippen LogP contribution is 2.23. The molecule has 0 unspecified atom stereocenters. The minimum absolute atomic E-state index is 0.0431. The number of carbonyl (C=O) groups is 3. The summed E-state index contributed by atoms with van der Waals surface area (Å²) in [5.74, 6) is -0.688. The molecule has 0 atom stereocenters. The molecule has 6 nitrogen and oxygen atoms in total. The second-order valence-electron chi connectivity index (χ2n) is 8.50. The molecule has 2 amide bonds. The maximum absolute atomic E-state index is 12.3. The van der Waals surface area contributed by atoms with Crippen LogP contribution in [0.25, 0.3) is 0 Å². The molecule has 1 aliphatic rings. The van der Waals surface area contributed by atoms with Crippen LogP contribution in [0.3, 0.4) is 0 Å². The molecule has 1 aromatic rings. The summed E-state index contributed by atoms with van der Waals surface area (Å²) >= 11 is 0. The van der Waals surface area contributed by atoms with Crippen molar-refractivity contribution in [2.45, 2.75) is 46.5 Å². The minimum atomic E-state index is -0.899. The number of carboxylic acid groups (broad SMARTS) is 1. The van der Waals surface area contributed by atoms with E-state index in [1.54, 1.807) is 17.0 Å². The summed E-state index contributed by atoms with van der Waals surface area (Å²) in [4.78, 5) is 37.3. The van der Waals surface area contributed by atoms with Gasteiger partial charge in [0.2, 0.25) is 11.8 Å². The van der Waals surface area contributed by atoms with E-state index in [4.69, 9.17) is 0 Å². The molecule has 0 spiro atoms.